The van der Waals surface area contributed by atoms with E-state index in [9.17, 15) is 0 Å². The normalized spacial score (nSPS) is 25.9. The van der Waals surface area contributed by atoms with Crippen LogP contribution in [-0.4, -0.2) is 38.5 Å². The second kappa shape index (κ2) is 4.11. The third-order valence-corrected chi connectivity index (χ3v) is 4.49. The lowest BCUT2D eigenvalue weighted by Crippen LogP contribution is -2.42. The summed E-state index contributed by atoms with van der Waals surface area (Å²) in [6.45, 7) is 8.62. The van der Waals surface area contributed by atoms with Crippen LogP contribution in [0.1, 0.15) is 0 Å². The highest BCUT2D eigenvalue weighted by atomic mass is 35.5. The van der Waals surface area contributed by atoms with Crippen molar-refractivity contribution in [2.24, 2.45) is 0 Å². The van der Waals surface area contributed by atoms with Crippen LogP contribution in [0.2, 0.25) is 24.8 Å². The Morgan fingerprint density at radius 1 is 1.39 bits per heavy atom. The Morgan fingerprint density at radius 2 is 2.17 bits per heavy atom. The summed E-state index contributed by atoms with van der Waals surface area (Å²) in [6.07, 6.45) is 0.254. The van der Waals surface area contributed by atoms with E-state index in [0.29, 0.717) is 11.2 Å². The molecule has 2 aliphatic heterocycles. The minimum atomic E-state index is -1.51. The molecule has 3 heterocycles. The number of nitrogens with one attached hydrogen (secondary N) is 1. The lowest BCUT2D eigenvalue weighted by molar-refractivity contribution is 0.206. The smallest absolute Gasteiger partial charge is 0.184 e. The van der Waals surface area contributed by atoms with E-state index in [1.54, 1.807) is 0 Å². The first-order chi connectivity index (χ1) is 8.42. The van der Waals surface area contributed by atoms with Gasteiger partial charge in [0.05, 0.1) is 17.8 Å². The van der Waals surface area contributed by atoms with E-state index in [-0.39, 0.29) is 6.10 Å². The number of aromatic nitrogens is 1. The van der Waals surface area contributed by atoms with Crippen molar-refractivity contribution in [3.63, 3.8) is 0 Å². The molecule has 98 valence electrons. The van der Waals surface area contributed by atoms with Gasteiger partial charge in [-0.1, -0.05) is 11.6 Å². The van der Waals surface area contributed by atoms with Crippen LogP contribution in [0.4, 0.5) is 11.5 Å². The molecule has 2 unspecified atom stereocenters. The summed E-state index contributed by atoms with van der Waals surface area (Å²) >= 11 is 5.94. The number of hydrogen-bond donors (Lipinski definition) is 1. The molecule has 3 rings (SSSR count). The van der Waals surface area contributed by atoms with Crippen molar-refractivity contribution in [1.29, 1.82) is 0 Å². The summed E-state index contributed by atoms with van der Waals surface area (Å²) in [5.74, 6) is 0.889. The Morgan fingerprint density at radius 3 is 2.89 bits per heavy atom. The number of fused-ring (bicyclic) bond motifs is 4. The SMILES string of the molecule is C[Si](C)(C)OC1CN2CC1Nc1nc(Cl)ccc12. The fourth-order valence-corrected chi connectivity index (χ4v) is 3.94. The standard InChI is InChI=1S/C12H18ClN3OSi/c1-18(2,3)17-10-7-16-6-8(10)14-12-9(16)4-5-11(13)15-12/h4-5,8,10H,6-7H2,1-3H3,(H,14,15). The van der Waals surface area contributed by atoms with Crippen LogP contribution < -0.4 is 10.2 Å². The zero-order valence-electron chi connectivity index (χ0n) is 10.9. The molecule has 0 aromatic carbocycles. The minimum absolute atomic E-state index is 0.254. The van der Waals surface area contributed by atoms with Crippen molar-refractivity contribution in [2.75, 3.05) is 23.3 Å². The zero-order chi connectivity index (χ0) is 12.9. The molecule has 0 saturated carbocycles. The first-order valence-corrected chi connectivity index (χ1v) is 10.1. The molecular formula is C12H18ClN3OSi. The summed E-state index contributed by atoms with van der Waals surface area (Å²) in [6, 6.07) is 4.20. The molecule has 0 aliphatic carbocycles. The average molecular weight is 284 g/mol. The van der Waals surface area contributed by atoms with Crippen molar-refractivity contribution in [2.45, 2.75) is 31.8 Å². The molecule has 2 atom stereocenters. The Hall–Kier alpha value is -0.783. The molecule has 0 spiro atoms. The van der Waals surface area contributed by atoms with Gasteiger partial charge in [-0.15, -0.1) is 0 Å². The highest BCUT2D eigenvalue weighted by Gasteiger charge is 2.40. The molecule has 4 nitrogen and oxygen atoms in total. The third kappa shape index (κ3) is 2.22. The number of rotatable bonds is 2. The molecule has 1 N–H and O–H groups in total. The minimum Gasteiger partial charge on any atom is -0.411 e. The molecule has 1 aromatic rings. The predicted octanol–water partition coefficient (Wildman–Crippen LogP) is 2.57. The summed E-state index contributed by atoms with van der Waals surface area (Å²) in [7, 11) is -1.51. The fourth-order valence-electron chi connectivity index (χ4n) is 2.65. The first-order valence-electron chi connectivity index (χ1n) is 6.28. The maximum atomic E-state index is 6.25. The van der Waals surface area contributed by atoms with Gasteiger partial charge in [-0.2, -0.15) is 0 Å². The topological polar surface area (TPSA) is 37.4 Å². The van der Waals surface area contributed by atoms with E-state index in [0.717, 1.165) is 24.6 Å². The first kappa shape index (κ1) is 12.3. The molecule has 2 aliphatic rings. The number of nitrogens with zero attached hydrogens (tertiary/aromatic N) is 2. The van der Waals surface area contributed by atoms with Crippen LogP contribution in [0.25, 0.3) is 0 Å². The average Bonchev–Trinajstić information content (AvgIpc) is 2.54. The molecule has 2 bridgehead atoms. The highest BCUT2D eigenvalue weighted by Crippen LogP contribution is 2.36. The van der Waals surface area contributed by atoms with Gasteiger partial charge in [-0.3, -0.25) is 0 Å². The number of hydrogen-bond acceptors (Lipinski definition) is 4. The maximum absolute atomic E-state index is 6.25. The van der Waals surface area contributed by atoms with Crippen molar-refractivity contribution in [1.82, 2.24) is 4.98 Å². The maximum Gasteiger partial charge on any atom is 0.184 e. The van der Waals surface area contributed by atoms with Gasteiger partial charge < -0.3 is 14.6 Å². The van der Waals surface area contributed by atoms with Crippen LogP contribution in [0.5, 0.6) is 0 Å². The van der Waals surface area contributed by atoms with E-state index in [1.807, 2.05) is 12.1 Å². The third-order valence-electron chi connectivity index (χ3n) is 3.27. The number of halogens is 1. The van der Waals surface area contributed by atoms with Gasteiger partial charge in [0.1, 0.15) is 5.15 Å². The largest absolute Gasteiger partial charge is 0.411 e. The Balaban J connectivity index is 1.84. The van der Waals surface area contributed by atoms with Crippen LogP contribution in [0.3, 0.4) is 0 Å². The van der Waals surface area contributed by atoms with Gasteiger partial charge in [-0.25, -0.2) is 4.98 Å². The quantitative estimate of drug-likeness (QED) is 0.669. The Labute approximate surface area is 113 Å². The molecule has 6 heteroatoms. The number of pyridine rings is 1. The van der Waals surface area contributed by atoms with Gasteiger partial charge in [-0.05, 0) is 31.8 Å². The second-order valence-corrected chi connectivity index (χ2v) is 10.8. The molecule has 18 heavy (non-hydrogen) atoms. The van der Waals surface area contributed by atoms with E-state index in [1.165, 1.54) is 0 Å². The zero-order valence-corrected chi connectivity index (χ0v) is 12.7. The lowest BCUT2D eigenvalue weighted by Gasteiger charge is -2.29. The van der Waals surface area contributed by atoms with Crippen LogP contribution in [-0.2, 0) is 4.43 Å². The molecule has 1 aromatic heterocycles. The summed E-state index contributed by atoms with van der Waals surface area (Å²) in [5, 5.41) is 4.00. The molecule has 1 fully saturated rings. The van der Waals surface area contributed by atoms with Crippen molar-refractivity contribution in [3.05, 3.63) is 17.3 Å². The van der Waals surface area contributed by atoms with Gasteiger partial charge in [0, 0.05) is 13.1 Å². The van der Waals surface area contributed by atoms with Crippen LogP contribution >= 0.6 is 11.6 Å². The molecule has 1 saturated heterocycles. The van der Waals surface area contributed by atoms with E-state index in [4.69, 9.17) is 16.0 Å². The fraction of sp³-hybridized carbons (Fsp3) is 0.583. The summed E-state index contributed by atoms with van der Waals surface area (Å²) in [5.41, 5.74) is 1.14. The Kier molecular flexibility index (Phi) is 2.80. The van der Waals surface area contributed by atoms with E-state index >= 15 is 0 Å². The van der Waals surface area contributed by atoms with E-state index in [2.05, 4.69) is 34.8 Å². The van der Waals surface area contributed by atoms with E-state index < -0.39 is 8.32 Å². The monoisotopic (exact) mass is 283 g/mol. The molecule has 0 amide bonds. The highest BCUT2D eigenvalue weighted by molar-refractivity contribution is 6.69. The Bertz CT molecular complexity index is 477. The lowest BCUT2D eigenvalue weighted by atomic mass is 10.2. The predicted molar refractivity (Wildman–Crippen MR) is 77.1 cm³/mol. The molecular weight excluding hydrogens is 266 g/mol. The van der Waals surface area contributed by atoms with Crippen molar-refractivity contribution >= 4 is 31.4 Å². The van der Waals surface area contributed by atoms with Crippen LogP contribution in [0, 0.1) is 0 Å². The van der Waals surface area contributed by atoms with Gasteiger partial charge >= 0.3 is 0 Å². The summed E-state index contributed by atoms with van der Waals surface area (Å²) < 4.78 is 6.25. The second-order valence-electron chi connectivity index (χ2n) is 5.93. The van der Waals surface area contributed by atoms with Gasteiger partial charge in [0.15, 0.2) is 14.1 Å². The molecule has 0 radical (unpaired) electrons. The van der Waals surface area contributed by atoms with Crippen LogP contribution in [0.15, 0.2) is 12.1 Å². The summed E-state index contributed by atoms with van der Waals surface area (Å²) in [4.78, 5) is 6.69. The van der Waals surface area contributed by atoms with Gasteiger partial charge in [0.25, 0.3) is 0 Å². The van der Waals surface area contributed by atoms with Crippen molar-refractivity contribution in [3.8, 4) is 0 Å². The van der Waals surface area contributed by atoms with Crippen molar-refractivity contribution < 1.29 is 4.43 Å². The van der Waals surface area contributed by atoms with Gasteiger partial charge in [0.2, 0.25) is 0 Å². The number of anilines is 2.